The minimum absolute atomic E-state index is 0.586. The summed E-state index contributed by atoms with van der Waals surface area (Å²) >= 11 is 6.08. The van der Waals surface area contributed by atoms with Crippen LogP contribution in [0.3, 0.4) is 0 Å². The van der Waals surface area contributed by atoms with Gasteiger partial charge >= 0.3 is 0 Å². The molecule has 1 aromatic heterocycles. The molecule has 1 N–H and O–H groups in total. The Balaban J connectivity index is 2.33. The van der Waals surface area contributed by atoms with Gasteiger partial charge in [0.05, 0.1) is 6.07 Å². The molecule has 0 bridgehead atoms. The number of aromatic nitrogens is 1. The summed E-state index contributed by atoms with van der Waals surface area (Å²) in [5.41, 5.74) is 2.43. The van der Waals surface area contributed by atoms with Gasteiger partial charge < -0.3 is 9.88 Å². The second kappa shape index (κ2) is 6.60. The fraction of sp³-hybridized carbons (Fsp3) is 0.400. The van der Waals surface area contributed by atoms with Crippen molar-refractivity contribution in [1.82, 2.24) is 9.88 Å². The van der Waals surface area contributed by atoms with Gasteiger partial charge in [0, 0.05) is 41.6 Å². The molecular weight excluding hydrogens is 258 g/mol. The Bertz CT molecular complexity index is 595. The average Bonchev–Trinajstić information content (AvgIpc) is 2.74. The zero-order valence-electron chi connectivity index (χ0n) is 11.1. The van der Waals surface area contributed by atoms with Crippen molar-refractivity contribution in [2.24, 2.45) is 0 Å². The monoisotopic (exact) mass is 275 g/mol. The van der Waals surface area contributed by atoms with Crippen LogP contribution in [0, 0.1) is 11.3 Å². The molecule has 0 amide bonds. The molecule has 19 heavy (non-hydrogen) atoms. The maximum Gasteiger partial charge on any atom is 0.0622 e. The van der Waals surface area contributed by atoms with Crippen LogP contribution in [-0.4, -0.2) is 11.1 Å². The number of hydrogen-bond donors (Lipinski definition) is 1. The number of hydrogen-bond acceptors (Lipinski definition) is 2. The molecule has 0 aliphatic heterocycles. The minimum Gasteiger partial charge on any atom is -0.347 e. The third-order valence-corrected chi connectivity index (χ3v) is 3.41. The van der Waals surface area contributed by atoms with Crippen molar-refractivity contribution in [3.05, 3.63) is 35.0 Å². The van der Waals surface area contributed by atoms with E-state index < -0.39 is 0 Å². The van der Waals surface area contributed by atoms with Crippen molar-refractivity contribution in [2.45, 2.75) is 32.9 Å². The Morgan fingerprint density at radius 1 is 1.42 bits per heavy atom. The Morgan fingerprint density at radius 2 is 2.26 bits per heavy atom. The van der Waals surface area contributed by atoms with E-state index in [9.17, 15) is 0 Å². The highest BCUT2D eigenvalue weighted by atomic mass is 35.5. The smallest absolute Gasteiger partial charge is 0.0622 e. The first kappa shape index (κ1) is 13.9. The fourth-order valence-corrected chi connectivity index (χ4v) is 2.42. The maximum atomic E-state index is 8.63. The van der Waals surface area contributed by atoms with Crippen molar-refractivity contribution >= 4 is 22.5 Å². The van der Waals surface area contributed by atoms with E-state index in [1.54, 1.807) is 0 Å². The van der Waals surface area contributed by atoms with Crippen LogP contribution in [0.15, 0.2) is 24.4 Å². The zero-order valence-corrected chi connectivity index (χ0v) is 11.9. The van der Waals surface area contributed by atoms with E-state index in [2.05, 4.69) is 35.1 Å². The van der Waals surface area contributed by atoms with Gasteiger partial charge in [-0.05, 0) is 30.7 Å². The molecule has 0 fully saturated rings. The van der Waals surface area contributed by atoms with Gasteiger partial charge in [-0.15, -0.1) is 0 Å². The second-order valence-electron chi connectivity index (χ2n) is 4.55. The van der Waals surface area contributed by atoms with Gasteiger partial charge in [0.2, 0.25) is 0 Å². The largest absolute Gasteiger partial charge is 0.347 e. The Labute approximate surface area is 118 Å². The van der Waals surface area contributed by atoms with Crippen LogP contribution in [0.4, 0.5) is 0 Å². The summed E-state index contributed by atoms with van der Waals surface area (Å²) < 4.78 is 2.20. The van der Waals surface area contributed by atoms with Gasteiger partial charge in [-0.1, -0.05) is 24.6 Å². The molecule has 0 aliphatic rings. The van der Waals surface area contributed by atoms with Gasteiger partial charge in [-0.2, -0.15) is 5.26 Å². The number of nitrogens with one attached hydrogen (secondary N) is 1. The number of benzene rings is 1. The average molecular weight is 276 g/mol. The molecule has 100 valence electrons. The topological polar surface area (TPSA) is 40.8 Å². The number of unbranched alkanes of at least 4 members (excludes halogenated alkanes) is 1. The summed E-state index contributed by atoms with van der Waals surface area (Å²) in [6, 6.07) is 8.19. The Morgan fingerprint density at radius 3 is 3.00 bits per heavy atom. The molecule has 1 heterocycles. The van der Waals surface area contributed by atoms with Crippen LogP contribution >= 0.6 is 11.6 Å². The number of fused-ring (bicyclic) bond motifs is 1. The van der Waals surface area contributed by atoms with Crippen molar-refractivity contribution in [3.8, 4) is 6.07 Å². The van der Waals surface area contributed by atoms with E-state index in [1.807, 2.05) is 12.1 Å². The summed E-state index contributed by atoms with van der Waals surface area (Å²) in [5.74, 6) is 0. The summed E-state index contributed by atoms with van der Waals surface area (Å²) in [4.78, 5) is 0. The maximum absolute atomic E-state index is 8.63. The third-order valence-electron chi connectivity index (χ3n) is 3.18. The molecule has 0 radical (unpaired) electrons. The summed E-state index contributed by atoms with van der Waals surface area (Å²) in [6.45, 7) is 4.77. The van der Waals surface area contributed by atoms with E-state index in [0.717, 1.165) is 36.6 Å². The molecule has 0 spiro atoms. The van der Waals surface area contributed by atoms with Crippen molar-refractivity contribution in [1.29, 1.82) is 5.26 Å². The van der Waals surface area contributed by atoms with Crippen molar-refractivity contribution in [3.63, 3.8) is 0 Å². The SMILES string of the molecule is CCNCc1cn(CCCC#N)c2cc(Cl)ccc12. The molecule has 2 rings (SSSR count). The number of aryl methyl sites for hydroxylation is 1. The van der Waals surface area contributed by atoms with Crippen LogP contribution in [0.1, 0.15) is 25.3 Å². The first-order chi connectivity index (χ1) is 9.26. The first-order valence-corrected chi connectivity index (χ1v) is 6.99. The predicted octanol–water partition coefficient (Wildman–Crippen LogP) is 3.71. The molecule has 4 heteroatoms. The molecular formula is C15H18ClN3. The summed E-state index contributed by atoms with van der Waals surface area (Å²) in [6.07, 6.45) is 3.62. The summed E-state index contributed by atoms with van der Waals surface area (Å²) in [5, 5.41) is 14.0. The minimum atomic E-state index is 0.586. The zero-order chi connectivity index (χ0) is 13.7. The third kappa shape index (κ3) is 3.28. The molecule has 0 atom stereocenters. The van der Waals surface area contributed by atoms with Gasteiger partial charge in [-0.25, -0.2) is 0 Å². The molecule has 2 aromatic rings. The van der Waals surface area contributed by atoms with E-state index in [1.165, 1.54) is 10.9 Å². The molecule has 1 aromatic carbocycles. The van der Waals surface area contributed by atoms with Crippen molar-refractivity contribution < 1.29 is 0 Å². The molecule has 3 nitrogen and oxygen atoms in total. The lowest BCUT2D eigenvalue weighted by Crippen LogP contribution is -2.11. The van der Waals surface area contributed by atoms with Crippen LogP contribution in [0.5, 0.6) is 0 Å². The van der Waals surface area contributed by atoms with Gasteiger partial charge in [0.25, 0.3) is 0 Å². The lowest BCUT2D eigenvalue weighted by atomic mass is 10.2. The van der Waals surface area contributed by atoms with Crippen LogP contribution in [0.25, 0.3) is 10.9 Å². The highest BCUT2D eigenvalue weighted by Crippen LogP contribution is 2.25. The van der Waals surface area contributed by atoms with E-state index in [-0.39, 0.29) is 0 Å². The van der Waals surface area contributed by atoms with Crippen LogP contribution in [0.2, 0.25) is 5.02 Å². The first-order valence-electron chi connectivity index (χ1n) is 6.61. The second-order valence-corrected chi connectivity index (χ2v) is 4.99. The Hall–Kier alpha value is -1.50. The molecule has 0 unspecified atom stereocenters. The number of rotatable bonds is 6. The van der Waals surface area contributed by atoms with Gasteiger partial charge in [0.1, 0.15) is 0 Å². The van der Waals surface area contributed by atoms with Crippen LogP contribution in [-0.2, 0) is 13.1 Å². The normalized spacial score (nSPS) is 10.8. The standard InChI is InChI=1S/C15H18ClN3/c1-2-18-10-12-11-19(8-4-3-7-17)15-9-13(16)5-6-14(12)15/h5-6,9,11,18H,2-4,8,10H2,1H3. The van der Waals surface area contributed by atoms with Crippen molar-refractivity contribution in [2.75, 3.05) is 6.54 Å². The van der Waals surface area contributed by atoms with E-state index >= 15 is 0 Å². The molecule has 0 saturated carbocycles. The number of nitrogens with zero attached hydrogens (tertiary/aromatic N) is 2. The Kier molecular flexibility index (Phi) is 4.84. The molecule has 0 aliphatic carbocycles. The quantitative estimate of drug-likeness (QED) is 0.817. The van der Waals surface area contributed by atoms with Gasteiger partial charge in [0.15, 0.2) is 0 Å². The lowest BCUT2D eigenvalue weighted by molar-refractivity contribution is 0.666. The highest BCUT2D eigenvalue weighted by Gasteiger charge is 2.08. The fourth-order valence-electron chi connectivity index (χ4n) is 2.26. The van der Waals surface area contributed by atoms with E-state index in [4.69, 9.17) is 16.9 Å². The number of nitriles is 1. The highest BCUT2D eigenvalue weighted by molar-refractivity contribution is 6.31. The van der Waals surface area contributed by atoms with Gasteiger partial charge in [-0.3, -0.25) is 0 Å². The number of halogens is 1. The lowest BCUT2D eigenvalue weighted by Gasteiger charge is -2.03. The van der Waals surface area contributed by atoms with Crippen LogP contribution < -0.4 is 5.32 Å². The summed E-state index contributed by atoms with van der Waals surface area (Å²) in [7, 11) is 0. The predicted molar refractivity (Wildman–Crippen MR) is 79.2 cm³/mol. The molecule has 0 saturated heterocycles. The van der Waals surface area contributed by atoms with E-state index in [0.29, 0.717) is 6.42 Å².